The van der Waals surface area contributed by atoms with E-state index < -0.39 is 0 Å². The molecule has 0 aliphatic heterocycles. The molecule has 1 amide bonds. The molecule has 3 rings (SSSR count). The molecule has 138 valence electrons. The molecule has 0 aromatic heterocycles. The molecule has 1 atom stereocenters. The van der Waals surface area contributed by atoms with Crippen molar-refractivity contribution in [2.75, 3.05) is 5.75 Å². The number of carbonyl (C=O) groups excluding carboxylic acids is 1. The van der Waals surface area contributed by atoms with Gasteiger partial charge in [-0.3, -0.25) is 4.79 Å². The van der Waals surface area contributed by atoms with Gasteiger partial charge in [0.05, 0.1) is 6.04 Å². The summed E-state index contributed by atoms with van der Waals surface area (Å²) in [4.78, 5) is 13.5. The van der Waals surface area contributed by atoms with Crippen molar-refractivity contribution in [2.45, 2.75) is 56.4 Å². The zero-order valence-electron chi connectivity index (χ0n) is 15.3. The summed E-state index contributed by atoms with van der Waals surface area (Å²) in [6.07, 6.45) is 6.38. The average Bonchev–Trinajstić information content (AvgIpc) is 2.67. The van der Waals surface area contributed by atoms with Gasteiger partial charge in [0, 0.05) is 22.1 Å². The lowest BCUT2D eigenvalue weighted by Crippen LogP contribution is -2.28. The highest BCUT2D eigenvalue weighted by atomic mass is 35.5. The van der Waals surface area contributed by atoms with E-state index in [0.717, 1.165) is 22.1 Å². The first kappa shape index (κ1) is 19.3. The maximum atomic E-state index is 12.4. The lowest BCUT2D eigenvalue weighted by molar-refractivity contribution is -0.121. The van der Waals surface area contributed by atoms with Crippen LogP contribution in [0.25, 0.3) is 0 Å². The minimum absolute atomic E-state index is 0.107. The Morgan fingerprint density at radius 2 is 1.85 bits per heavy atom. The Morgan fingerprint density at radius 3 is 2.58 bits per heavy atom. The molecule has 0 spiro atoms. The van der Waals surface area contributed by atoms with Crippen LogP contribution in [-0.4, -0.2) is 11.7 Å². The number of carbonyl (C=O) groups is 1. The van der Waals surface area contributed by atoms with Crippen LogP contribution in [0.5, 0.6) is 0 Å². The highest BCUT2D eigenvalue weighted by Gasteiger charge is 2.16. The molecule has 0 heterocycles. The van der Waals surface area contributed by atoms with Gasteiger partial charge in [-0.2, -0.15) is 0 Å². The molecule has 2 nitrogen and oxygen atoms in total. The molecule has 1 aliphatic carbocycles. The van der Waals surface area contributed by atoms with Gasteiger partial charge in [0.2, 0.25) is 5.91 Å². The maximum absolute atomic E-state index is 12.4. The van der Waals surface area contributed by atoms with Gasteiger partial charge in [-0.1, -0.05) is 36.7 Å². The van der Waals surface area contributed by atoms with Crippen LogP contribution in [0.1, 0.15) is 55.3 Å². The van der Waals surface area contributed by atoms with Crippen molar-refractivity contribution < 1.29 is 4.79 Å². The van der Waals surface area contributed by atoms with Gasteiger partial charge < -0.3 is 5.32 Å². The molecule has 0 unspecified atom stereocenters. The van der Waals surface area contributed by atoms with Crippen molar-refractivity contribution in [3.63, 3.8) is 0 Å². The van der Waals surface area contributed by atoms with Gasteiger partial charge >= 0.3 is 0 Å². The van der Waals surface area contributed by atoms with Crippen molar-refractivity contribution in [1.82, 2.24) is 5.32 Å². The van der Waals surface area contributed by atoms with E-state index in [0.29, 0.717) is 6.42 Å². The monoisotopic (exact) mass is 387 g/mol. The fourth-order valence-electron chi connectivity index (χ4n) is 3.45. The van der Waals surface area contributed by atoms with Gasteiger partial charge in [0.25, 0.3) is 0 Å². The first-order chi connectivity index (χ1) is 12.7. The third-order valence-corrected chi connectivity index (χ3v) is 6.20. The number of halogens is 1. The van der Waals surface area contributed by atoms with Crippen molar-refractivity contribution in [1.29, 1.82) is 0 Å². The van der Waals surface area contributed by atoms with Gasteiger partial charge in [0.15, 0.2) is 0 Å². The molecule has 2 aromatic rings. The quantitative estimate of drug-likeness (QED) is 0.593. The number of fused-ring (bicyclic) bond motifs is 1. The van der Waals surface area contributed by atoms with E-state index >= 15 is 0 Å². The summed E-state index contributed by atoms with van der Waals surface area (Å²) in [5, 5.41) is 3.95. The van der Waals surface area contributed by atoms with E-state index in [9.17, 15) is 4.79 Å². The van der Waals surface area contributed by atoms with E-state index in [1.807, 2.05) is 24.3 Å². The van der Waals surface area contributed by atoms with E-state index in [2.05, 4.69) is 30.4 Å². The first-order valence-corrected chi connectivity index (χ1v) is 10.8. The van der Waals surface area contributed by atoms with Gasteiger partial charge in [-0.15, -0.1) is 11.8 Å². The van der Waals surface area contributed by atoms with Crippen molar-refractivity contribution >= 4 is 29.3 Å². The third-order valence-electron chi connectivity index (χ3n) is 4.93. The molecule has 26 heavy (non-hydrogen) atoms. The van der Waals surface area contributed by atoms with Crippen LogP contribution in [0.15, 0.2) is 47.4 Å². The average molecular weight is 388 g/mol. The number of rotatable bonds is 7. The molecular formula is C22H26ClNOS. The number of hydrogen-bond acceptors (Lipinski definition) is 2. The Kier molecular flexibility index (Phi) is 7.04. The van der Waals surface area contributed by atoms with E-state index in [1.54, 1.807) is 11.8 Å². The molecule has 4 heteroatoms. The number of benzene rings is 2. The van der Waals surface area contributed by atoms with Crippen LogP contribution < -0.4 is 5.32 Å². The predicted molar refractivity (Wildman–Crippen MR) is 111 cm³/mol. The van der Waals surface area contributed by atoms with Gasteiger partial charge in [0.1, 0.15) is 0 Å². The zero-order valence-corrected chi connectivity index (χ0v) is 16.8. The molecule has 1 aliphatic rings. The molecule has 2 aromatic carbocycles. The minimum atomic E-state index is 0.107. The van der Waals surface area contributed by atoms with Crippen LogP contribution in [-0.2, 0) is 17.6 Å². The lowest BCUT2D eigenvalue weighted by atomic mass is 9.89. The van der Waals surface area contributed by atoms with Crippen LogP contribution in [0, 0.1) is 0 Å². The first-order valence-electron chi connectivity index (χ1n) is 9.45. The summed E-state index contributed by atoms with van der Waals surface area (Å²) in [7, 11) is 0. The SMILES string of the molecule is CC[C@@H](NC(=O)CCSc1ccc(Cl)cc1)c1ccc2c(c1)CCCC2. The maximum Gasteiger partial charge on any atom is 0.221 e. The fourth-order valence-corrected chi connectivity index (χ4v) is 4.43. The highest BCUT2D eigenvalue weighted by Crippen LogP contribution is 2.26. The van der Waals surface area contributed by atoms with Crippen molar-refractivity contribution in [3.8, 4) is 0 Å². The van der Waals surface area contributed by atoms with Crippen LogP contribution in [0.3, 0.4) is 0 Å². The van der Waals surface area contributed by atoms with E-state index in [1.165, 1.54) is 42.4 Å². The molecular weight excluding hydrogens is 362 g/mol. The molecule has 0 fully saturated rings. The summed E-state index contributed by atoms with van der Waals surface area (Å²) in [6.45, 7) is 2.13. The smallest absolute Gasteiger partial charge is 0.221 e. The van der Waals surface area contributed by atoms with E-state index in [-0.39, 0.29) is 11.9 Å². The number of amides is 1. The van der Waals surface area contributed by atoms with Crippen LogP contribution in [0.4, 0.5) is 0 Å². The zero-order chi connectivity index (χ0) is 18.4. The second kappa shape index (κ2) is 9.48. The topological polar surface area (TPSA) is 29.1 Å². The second-order valence-electron chi connectivity index (χ2n) is 6.82. The predicted octanol–water partition coefficient (Wildman–Crippen LogP) is 5.97. The summed E-state index contributed by atoms with van der Waals surface area (Å²) in [5.74, 6) is 0.893. The lowest BCUT2D eigenvalue weighted by Gasteiger charge is -2.21. The fraction of sp³-hybridized carbons (Fsp3) is 0.409. The van der Waals surface area contributed by atoms with Crippen molar-refractivity contribution in [3.05, 3.63) is 64.2 Å². The molecule has 0 bridgehead atoms. The van der Waals surface area contributed by atoms with E-state index in [4.69, 9.17) is 11.6 Å². The normalized spacial score (nSPS) is 14.5. The Bertz CT molecular complexity index is 744. The second-order valence-corrected chi connectivity index (χ2v) is 8.42. The number of aryl methyl sites for hydroxylation is 2. The molecule has 0 radical (unpaired) electrons. The third kappa shape index (κ3) is 5.28. The summed E-state index contributed by atoms with van der Waals surface area (Å²) >= 11 is 7.59. The van der Waals surface area contributed by atoms with Crippen LogP contribution in [0.2, 0.25) is 5.02 Å². The van der Waals surface area contributed by atoms with Crippen molar-refractivity contribution in [2.24, 2.45) is 0 Å². The Morgan fingerprint density at radius 1 is 1.12 bits per heavy atom. The molecule has 0 saturated carbocycles. The minimum Gasteiger partial charge on any atom is -0.349 e. The molecule has 0 saturated heterocycles. The largest absolute Gasteiger partial charge is 0.349 e. The highest BCUT2D eigenvalue weighted by molar-refractivity contribution is 7.99. The number of thioether (sulfide) groups is 1. The summed E-state index contributed by atoms with van der Waals surface area (Å²) < 4.78 is 0. The number of nitrogens with one attached hydrogen (secondary N) is 1. The Balaban J connectivity index is 1.52. The molecule has 1 N–H and O–H groups in total. The standard InChI is InChI=1S/C22H26ClNOS/c1-2-21(18-8-7-16-5-3-4-6-17(16)15-18)24-22(25)13-14-26-20-11-9-19(23)10-12-20/h7-12,15,21H,2-6,13-14H2,1H3,(H,24,25)/t21-/m1/s1. The summed E-state index contributed by atoms with van der Waals surface area (Å²) in [5.41, 5.74) is 4.20. The number of hydrogen-bond donors (Lipinski definition) is 1. The van der Waals surface area contributed by atoms with Crippen LogP contribution >= 0.6 is 23.4 Å². The van der Waals surface area contributed by atoms with Gasteiger partial charge in [-0.25, -0.2) is 0 Å². The Labute approximate surface area is 165 Å². The van der Waals surface area contributed by atoms with Gasteiger partial charge in [-0.05, 0) is 73.1 Å². The Hall–Kier alpha value is -1.45. The summed E-state index contributed by atoms with van der Waals surface area (Å²) in [6, 6.07) is 14.6.